The van der Waals surface area contributed by atoms with Crippen LogP contribution in [0.3, 0.4) is 0 Å². The van der Waals surface area contributed by atoms with Crippen LogP contribution in [0.5, 0.6) is 0 Å². The molecule has 1 aliphatic heterocycles. The maximum Gasteiger partial charge on any atom is 0.0598 e. The van der Waals surface area contributed by atoms with Crippen LogP contribution in [-0.2, 0) is 25.9 Å². The second kappa shape index (κ2) is 6.68. The molecule has 0 radical (unpaired) electrons. The van der Waals surface area contributed by atoms with Gasteiger partial charge in [0.05, 0.1) is 10.2 Å². The summed E-state index contributed by atoms with van der Waals surface area (Å²) in [5.74, 6) is 0. The van der Waals surface area contributed by atoms with Crippen molar-refractivity contribution in [1.29, 1.82) is 0 Å². The number of aryl methyl sites for hydroxylation is 3. The van der Waals surface area contributed by atoms with E-state index in [1.807, 2.05) is 11.3 Å². The molecular formula is C19H23ClN2S. The molecular weight excluding hydrogens is 324 g/mol. The number of rotatable bonds is 3. The summed E-state index contributed by atoms with van der Waals surface area (Å²) in [7, 11) is 2.23. The fourth-order valence-corrected chi connectivity index (χ4v) is 4.66. The number of benzene rings is 1. The Hall–Kier alpha value is -1.29. The molecule has 0 fully saturated rings. The number of fused-ring (bicyclic) bond motifs is 3. The highest BCUT2D eigenvalue weighted by molar-refractivity contribution is 7.19. The van der Waals surface area contributed by atoms with Crippen molar-refractivity contribution >= 4 is 34.0 Å². The molecule has 0 bridgehead atoms. The summed E-state index contributed by atoms with van der Waals surface area (Å²) in [6, 6.07) is 13.2. The minimum absolute atomic E-state index is 0. The van der Waals surface area contributed by atoms with Crippen LogP contribution < -0.4 is 0 Å². The van der Waals surface area contributed by atoms with Gasteiger partial charge in [-0.1, -0.05) is 30.3 Å². The van der Waals surface area contributed by atoms with E-state index < -0.39 is 0 Å². The first-order chi connectivity index (χ1) is 10.7. The Morgan fingerprint density at radius 1 is 1.17 bits per heavy atom. The van der Waals surface area contributed by atoms with Gasteiger partial charge >= 0.3 is 0 Å². The number of nitrogens with zero attached hydrogens (tertiary/aromatic N) is 2. The minimum atomic E-state index is 0. The molecule has 122 valence electrons. The fraction of sp³-hybridized carbons (Fsp3) is 0.368. The van der Waals surface area contributed by atoms with Crippen LogP contribution in [0.2, 0.25) is 0 Å². The lowest BCUT2D eigenvalue weighted by atomic mass is 10.1. The number of hydrogen-bond acceptors (Lipinski definition) is 2. The van der Waals surface area contributed by atoms with Crippen LogP contribution in [0.1, 0.15) is 21.7 Å². The van der Waals surface area contributed by atoms with Gasteiger partial charge < -0.3 is 9.47 Å². The van der Waals surface area contributed by atoms with Gasteiger partial charge in [0.2, 0.25) is 0 Å². The SMILES string of the molecule is Cc1cc2c(s1)c1c(n2CCc2ccccc2)CCN(C)C1.Cl. The summed E-state index contributed by atoms with van der Waals surface area (Å²) in [5, 5.41) is 0. The highest BCUT2D eigenvalue weighted by Crippen LogP contribution is 2.36. The van der Waals surface area contributed by atoms with Gasteiger partial charge in [0.15, 0.2) is 0 Å². The molecule has 0 saturated carbocycles. The Morgan fingerprint density at radius 2 is 1.96 bits per heavy atom. The van der Waals surface area contributed by atoms with Gasteiger partial charge in [0, 0.05) is 42.2 Å². The molecule has 0 N–H and O–H groups in total. The van der Waals surface area contributed by atoms with Crippen molar-refractivity contribution in [2.75, 3.05) is 13.6 Å². The zero-order valence-corrected chi connectivity index (χ0v) is 15.3. The van der Waals surface area contributed by atoms with Crippen molar-refractivity contribution in [2.24, 2.45) is 0 Å². The van der Waals surface area contributed by atoms with Crippen molar-refractivity contribution in [3.8, 4) is 0 Å². The fourth-order valence-electron chi connectivity index (χ4n) is 3.59. The van der Waals surface area contributed by atoms with Crippen molar-refractivity contribution in [3.63, 3.8) is 0 Å². The summed E-state index contributed by atoms with van der Waals surface area (Å²) in [4.78, 5) is 3.87. The lowest BCUT2D eigenvalue weighted by Crippen LogP contribution is -2.27. The predicted octanol–water partition coefficient (Wildman–Crippen LogP) is 4.66. The first kappa shape index (κ1) is 16.6. The second-order valence-corrected chi connectivity index (χ2v) is 7.63. The van der Waals surface area contributed by atoms with Gasteiger partial charge in [-0.2, -0.15) is 0 Å². The maximum atomic E-state index is 2.59. The van der Waals surface area contributed by atoms with Gasteiger partial charge in [-0.05, 0) is 32.0 Å². The molecule has 0 unspecified atom stereocenters. The number of aromatic nitrogens is 1. The molecule has 0 saturated heterocycles. The summed E-state index contributed by atoms with van der Waals surface area (Å²) in [5.41, 5.74) is 6.04. The van der Waals surface area contributed by atoms with Crippen LogP contribution in [-0.4, -0.2) is 23.1 Å². The molecule has 0 atom stereocenters. The molecule has 3 heterocycles. The van der Waals surface area contributed by atoms with E-state index in [1.54, 1.807) is 11.3 Å². The molecule has 23 heavy (non-hydrogen) atoms. The van der Waals surface area contributed by atoms with Gasteiger partial charge in [0.25, 0.3) is 0 Å². The summed E-state index contributed by atoms with van der Waals surface area (Å²) < 4.78 is 4.11. The summed E-state index contributed by atoms with van der Waals surface area (Å²) in [6.45, 7) is 5.60. The molecule has 2 aromatic heterocycles. The van der Waals surface area contributed by atoms with Gasteiger partial charge in [-0.25, -0.2) is 0 Å². The third-order valence-corrected chi connectivity index (χ3v) is 5.80. The second-order valence-electron chi connectivity index (χ2n) is 6.37. The standard InChI is InChI=1S/C19H22N2S.ClH/c1-14-12-18-19(22-14)16-13-20(2)10-9-17(16)21(18)11-8-15-6-4-3-5-7-15;/h3-7,12H,8-11,13H2,1-2H3;1H. The van der Waals surface area contributed by atoms with Crippen molar-refractivity contribution in [2.45, 2.75) is 32.9 Å². The minimum Gasteiger partial charge on any atom is -0.343 e. The Balaban J connectivity index is 0.00000156. The van der Waals surface area contributed by atoms with E-state index in [4.69, 9.17) is 0 Å². The van der Waals surface area contributed by atoms with Crippen LogP contribution in [0.15, 0.2) is 36.4 Å². The third kappa shape index (κ3) is 3.06. The largest absolute Gasteiger partial charge is 0.343 e. The monoisotopic (exact) mass is 346 g/mol. The number of halogens is 1. The topological polar surface area (TPSA) is 8.17 Å². The van der Waals surface area contributed by atoms with E-state index in [0.29, 0.717) is 0 Å². The molecule has 1 aliphatic rings. The quantitative estimate of drug-likeness (QED) is 0.669. The normalized spacial score (nSPS) is 14.7. The van der Waals surface area contributed by atoms with Crippen molar-refractivity contribution in [3.05, 3.63) is 58.1 Å². The van der Waals surface area contributed by atoms with Crippen LogP contribution >= 0.6 is 23.7 Å². The third-order valence-electron chi connectivity index (χ3n) is 4.70. The summed E-state index contributed by atoms with van der Waals surface area (Å²) >= 11 is 1.96. The molecule has 0 aliphatic carbocycles. The molecule has 0 amide bonds. The Bertz CT molecular complexity index is 804. The maximum absolute atomic E-state index is 2.59. The molecule has 4 heteroatoms. The summed E-state index contributed by atoms with van der Waals surface area (Å²) in [6.07, 6.45) is 2.29. The Morgan fingerprint density at radius 3 is 2.74 bits per heavy atom. The highest BCUT2D eigenvalue weighted by Gasteiger charge is 2.23. The van der Waals surface area contributed by atoms with E-state index in [2.05, 4.69) is 59.8 Å². The van der Waals surface area contributed by atoms with Gasteiger partial charge in [-0.3, -0.25) is 0 Å². The van der Waals surface area contributed by atoms with E-state index in [9.17, 15) is 0 Å². The lowest BCUT2D eigenvalue weighted by molar-refractivity contribution is 0.309. The number of likely N-dealkylation sites (N-methyl/N-ethyl adjacent to an activating group) is 1. The van der Waals surface area contributed by atoms with Gasteiger partial charge in [-0.15, -0.1) is 23.7 Å². The highest BCUT2D eigenvalue weighted by atomic mass is 35.5. The molecule has 0 spiro atoms. The molecule has 2 nitrogen and oxygen atoms in total. The van der Waals surface area contributed by atoms with E-state index >= 15 is 0 Å². The lowest BCUT2D eigenvalue weighted by Gasteiger charge is -2.24. The Kier molecular flexibility index (Phi) is 4.81. The average Bonchev–Trinajstić information content (AvgIpc) is 3.02. The Labute approximate surface area is 148 Å². The van der Waals surface area contributed by atoms with E-state index in [0.717, 1.165) is 19.5 Å². The predicted molar refractivity (Wildman–Crippen MR) is 102 cm³/mol. The number of thiophene rings is 1. The zero-order chi connectivity index (χ0) is 15.1. The first-order valence-corrected chi connectivity index (χ1v) is 8.87. The van der Waals surface area contributed by atoms with Gasteiger partial charge in [0.1, 0.15) is 0 Å². The van der Waals surface area contributed by atoms with Crippen LogP contribution in [0.4, 0.5) is 0 Å². The zero-order valence-electron chi connectivity index (χ0n) is 13.7. The first-order valence-electron chi connectivity index (χ1n) is 8.05. The molecule has 1 aromatic carbocycles. The van der Waals surface area contributed by atoms with E-state index in [-0.39, 0.29) is 12.4 Å². The van der Waals surface area contributed by atoms with Crippen molar-refractivity contribution < 1.29 is 0 Å². The van der Waals surface area contributed by atoms with Crippen LogP contribution in [0.25, 0.3) is 10.2 Å². The van der Waals surface area contributed by atoms with Crippen molar-refractivity contribution in [1.82, 2.24) is 9.47 Å². The van der Waals surface area contributed by atoms with E-state index in [1.165, 1.54) is 33.6 Å². The number of hydrogen-bond donors (Lipinski definition) is 0. The van der Waals surface area contributed by atoms with Crippen LogP contribution in [0, 0.1) is 6.92 Å². The average molecular weight is 347 g/mol. The molecule has 3 aromatic rings. The molecule has 4 rings (SSSR count). The smallest absolute Gasteiger partial charge is 0.0598 e.